The largest absolute Gasteiger partial charge is 0.135 e. The molecular formula is C30H24Cl4SSi2. The fraction of sp³-hybridized carbons (Fsp3) is 0.200. The van der Waals surface area contributed by atoms with Crippen LogP contribution in [0.5, 0.6) is 0 Å². The molecule has 5 aromatic rings. The molecule has 0 aliphatic carbocycles. The molecule has 4 aromatic carbocycles. The van der Waals surface area contributed by atoms with Crippen molar-refractivity contribution in [2.45, 2.75) is 39.3 Å². The average molecular weight is 615 g/mol. The second-order valence-electron chi connectivity index (χ2n) is 11.2. The van der Waals surface area contributed by atoms with Gasteiger partial charge < -0.3 is 0 Å². The normalized spacial score (nSPS) is 12.2. The van der Waals surface area contributed by atoms with Gasteiger partial charge in [0, 0.05) is 47.5 Å². The number of fused-ring (bicyclic) bond motifs is 5. The summed E-state index contributed by atoms with van der Waals surface area (Å²) in [6.07, 6.45) is 0. The van der Waals surface area contributed by atoms with E-state index in [4.69, 9.17) is 46.4 Å². The van der Waals surface area contributed by atoms with Gasteiger partial charge in [-0.25, -0.2) is 0 Å². The molecule has 1 heterocycles. The second kappa shape index (κ2) is 9.51. The molecule has 0 radical (unpaired) electrons. The zero-order valence-electron chi connectivity index (χ0n) is 21.4. The Kier molecular flexibility index (Phi) is 6.92. The Balaban J connectivity index is 2.13. The molecule has 0 saturated heterocycles. The Morgan fingerprint density at radius 1 is 0.568 bits per heavy atom. The first kappa shape index (κ1) is 26.9. The van der Waals surface area contributed by atoms with Gasteiger partial charge in [-0.3, -0.25) is 0 Å². The number of thiophene rings is 1. The van der Waals surface area contributed by atoms with Gasteiger partial charge in [-0.2, -0.15) is 0 Å². The Morgan fingerprint density at radius 2 is 1.05 bits per heavy atom. The van der Waals surface area contributed by atoms with Crippen molar-refractivity contribution in [2.24, 2.45) is 0 Å². The number of rotatable bonds is 0. The molecular weight excluding hydrogens is 590 g/mol. The lowest BCUT2D eigenvalue weighted by Crippen LogP contribution is -2.16. The second-order valence-corrected chi connectivity index (χ2v) is 23.3. The highest BCUT2D eigenvalue weighted by atomic mass is 35.5. The summed E-state index contributed by atoms with van der Waals surface area (Å²) >= 11 is 28.9. The Bertz CT molecular complexity index is 1900. The molecule has 0 aliphatic rings. The van der Waals surface area contributed by atoms with Crippen molar-refractivity contribution >= 4 is 116 Å². The Hall–Kier alpha value is -1.67. The summed E-state index contributed by atoms with van der Waals surface area (Å²) in [5.74, 6) is 7.04. The van der Waals surface area contributed by atoms with Gasteiger partial charge in [-0.1, -0.05) is 116 Å². The van der Waals surface area contributed by atoms with E-state index in [0.717, 1.165) is 32.7 Å². The Labute approximate surface area is 243 Å². The van der Waals surface area contributed by atoms with E-state index in [0.29, 0.717) is 10.0 Å². The van der Waals surface area contributed by atoms with E-state index >= 15 is 0 Å². The predicted octanol–water partition coefficient (Wildman–Crippen LogP) is 11.4. The SMILES string of the molecule is C[Si](C)(C)C#Cc1c2cc3sc4ccccc4c3cc2c(C#C[Si](C)(C)C)c2c(Cl)c(Cl)c(Cl)c(Cl)c12. The summed E-state index contributed by atoms with van der Waals surface area (Å²) < 4.78 is 2.43. The summed E-state index contributed by atoms with van der Waals surface area (Å²) in [4.78, 5) is 0. The third-order valence-corrected chi connectivity index (χ3v) is 10.6. The number of halogens is 4. The van der Waals surface area contributed by atoms with Crippen LogP contribution in [-0.2, 0) is 0 Å². The maximum atomic E-state index is 6.94. The van der Waals surface area contributed by atoms with E-state index in [1.165, 1.54) is 20.2 Å². The zero-order chi connectivity index (χ0) is 26.9. The minimum atomic E-state index is -1.72. The number of hydrogen-bond donors (Lipinski definition) is 0. The minimum Gasteiger partial charge on any atom is -0.135 e. The monoisotopic (exact) mass is 612 g/mol. The number of hydrogen-bond acceptors (Lipinski definition) is 1. The first-order valence-electron chi connectivity index (χ1n) is 11.9. The van der Waals surface area contributed by atoms with Crippen LogP contribution in [0.3, 0.4) is 0 Å². The fourth-order valence-electron chi connectivity index (χ4n) is 4.32. The molecule has 0 unspecified atom stereocenters. The van der Waals surface area contributed by atoms with Gasteiger partial charge in [0.2, 0.25) is 0 Å². The molecule has 0 amide bonds. The van der Waals surface area contributed by atoms with E-state index in [-0.39, 0.29) is 10.0 Å². The Morgan fingerprint density at radius 3 is 1.57 bits per heavy atom. The fourth-order valence-corrected chi connectivity index (χ4v) is 7.48. The summed E-state index contributed by atoms with van der Waals surface area (Å²) in [6.45, 7) is 13.3. The van der Waals surface area contributed by atoms with Gasteiger partial charge in [-0.05, 0) is 23.6 Å². The van der Waals surface area contributed by atoms with Crippen LogP contribution >= 0.6 is 57.7 Å². The van der Waals surface area contributed by atoms with Crippen LogP contribution in [0.15, 0.2) is 36.4 Å². The quantitative estimate of drug-likeness (QED) is 0.0535. The van der Waals surface area contributed by atoms with E-state index in [2.05, 4.69) is 98.6 Å². The van der Waals surface area contributed by atoms with Gasteiger partial charge in [0.25, 0.3) is 0 Å². The van der Waals surface area contributed by atoms with E-state index < -0.39 is 16.1 Å². The van der Waals surface area contributed by atoms with Crippen molar-refractivity contribution in [2.75, 3.05) is 0 Å². The van der Waals surface area contributed by atoms with Gasteiger partial charge in [-0.15, -0.1) is 22.4 Å². The van der Waals surface area contributed by atoms with Crippen LogP contribution in [-0.4, -0.2) is 16.1 Å². The topological polar surface area (TPSA) is 0 Å². The molecule has 186 valence electrons. The van der Waals surface area contributed by atoms with Crippen LogP contribution in [0.2, 0.25) is 59.4 Å². The standard InChI is InChI=1S/C30H24Cl4SSi2/c1-36(2,3)13-11-18-20-15-22-17-9-7-8-10-23(17)35-24(22)16-21(20)19(12-14-37(4,5)6)26-25(18)27(31)29(33)30(34)28(26)32/h7-10,15-16H,1-6H3. The minimum absolute atomic E-state index is 0.238. The maximum absolute atomic E-state index is 6.94. The van der Waals surface area contributed by atoms with E-state index in [1.807, 2.05) is 0 Å². The lowest BCUT2D eigenvalue weighted by atomic mass is 9.91. The van der Waals surface area contributed by atoms with E-state index in [1.54, 1.807) is 11.3 Å². The molecule has 0 bridgehead atoms. The van der Waals surface area contributed by atoms with Crippen molar-refractivity contribution in [3.8, 4) is 22.9 Å². The van der Waals surface area contributed by atoms with Crippen molar-refractivity contribution in [3.63, 3.8) is 0 Å². The summed E-state index contributed by atoms with van der Waals surface area (Å²) in [5, 5.41) is 7.07. The van der Waals surface area contributed by atoms with Crippen molar-refractivity contribution in [1.29, 1.82) is 0 Å². The number of benzene rings is 4. The van der Waals surface area contributed by atoms with Gasteiger partial charge in [0.05, 0.1) is 20.1 Å². The average Bonchev–Trinajstić information content (AvgIpc) is 3.18. The molecule has 0 atom stereocenters. The van der Waals surface area contributed by atoms with Gasteiger partial charge in [0.15, 0.2) is 0 Å². The van der Waals surface area contributed by atoms with Crippen LogP contribution < -0.4 is 0 Å². The third kappa shape index (κ3) is 4.93. The molecule has 0 nitrogen and oxygen atoms in total. The molecule has 1 aromatic heterocycles. The predicted molar refractivity (Wildman–Crippen MR) is 175 cm³/mol. The zero-order valence-corrected chi connectivity index (χ0v) is 27.2. The smallest absolute Gasteiger partial charge is 0.129 e. The first-order chi connectivity index (χ1) is 17.3. The van der Waals surface area contributed by atoms with Crippen molar-refractivity contribution < 1.29 is 0 Å². The van der Waals surface area contributed by atoms with Crippen LogP contribution in [0.1, 0.15) is 11.1 Å². The molecule has 0 saturated carbocycles. The van der Waals surface area contributed by atoms with Crippen LogP contribution in [0, 0.1) is 22.9 Å². The van der Waals surface area contributed by atoms with Crippen LogP contribution in [0.25, 0.3) is 41.7 Å². The highest BCUT2D eigenvalue weighted by Gasteiger charge is 2.24. The highest BCUT2D eigenvalue weighted by Crippen LogP contribution is 2.49. The van der Waals surface area contributed by atoms with Gasteiger partial charge in [0.1, 0.15) is 16.1 Å². The molecule has 0 spiro atoms. The lowest BCUT2D eigenvalue weighted by molar-refractivity contribution is 1.72. The summed E-state index contributed by atoms with van der Waals surface area (Å²) in [5.41, 5.74) is 8.74. The summed E-state index contributed by atoms with van der Waals surface area (Å²) in [7, 11) is -3.44. The van der Waals surface area contributed by atoms with Gasteiger partial charge >= 0.3 is 0 Å². The molecule has 0 N–H and O–H groups in total. The molecule has 7 heteroatoms. The molecule has 5 rings (SSSR count). The highest BCUT2D eigenvalue weighted by molar-refractivity contribution is 7.25. The molecule has 0 aliphatic heterocycles. The maximum Gasteiger partial charge on any atom is 0.129 e. The summed E-state index contributed by atoms with van der Waals surface area (Å²) in [6, 6.07) is 12.9. The molecule has 0 fully saturated rings. The lowest BCUT2D eigenvalue weighted by Gasteiger charge is -2.17. The third-order valence-electron chi connectivity index (χ3n) is 5.95. The van der Waals surface area contributed by atoms with Crippen molar-refractivity contribution in [1.82, 2.24) is 0 Å². The van der Waals surface area contributed by atoms with Crippen LogP contribution in [0.4, 0.5) is 0 Å². The molecule has 37 heavy (non-hydrogen) atoms. The first-order valence-corrected chi connectivity index (χ1v) is 21.2. The van der Waals surface area contributed by atoms with E-state index in [9.17, 15) is 0 Å². The van der Waals surface area contributed by atoms with Crippen molar-refractivity contribution in [3.05, 3.63) is 67.6 Å².